The number of nitrogens with one attached hydrogen (secondary N) is 1. The van der Waals surface area contributed by atoms with E-state index in [1.54, 1.807) is 12.1 Å². The summed E-state index contributed by atoms with van der Waals surface area (Å²) in [5.41, 5.74) is 6.86. The molecule has 0 aliphatic heterocycles. The molecular weight excluding hydrogens is 240 g/mol. The highest BCUT2D eigenvalue weighted by Crippen LogP contribution is 2.14. The van der Waals surface area contributed by atoms with Gasteiger partial charge in [-0.25, -0.2) is 13.1 Å². The molecule has 1 amide bonds. The van der Waals surface area contributed by atoms with Crippen molar-refractivity contribution < 1.29 is 13.2 Å². The average molecular weight is 256 g/mol. The third-order valence-corrected chi connectivity index (χ3v) is 3.91. The molecule has 0 radical (unpaired) electrons. The number of rotatable bonds is 5. The van der Waals surface area contributed by atoms with E-state index in [9.17, 15) is 13.2 Å². The van der Waals surface area contributed by atoms with Crippen molar-refractivity contribution in [1.82, 2.24) is 4.72 Å². The van der Waals surface area contributed by atoms with Crippen molar-refractivity contribution in [1.29, 1.82) is 0 Å². The van der Waals surface area contributed by atoms with Crippen LogP contribution in [0.1, 0.15) is 17.5 Å². The number of benzene rings is 1. The number of nitrogens with two attached hydrogens (primary N) is 1. The first-order valence-electron chi connectivity index (χ1n) is 5.18. The van der Waals surface area contributed by atoms with Crippen molar-refractivity contribution in [3.63, 3.8) is 0 Å². The summed E-state index contributed by atoms with van der Waals surface area (Å²) in [5.74, 6) is -0.534. The highest BCUT2D eigenvalue weighted by Gasteiger charge is 2.14. The molecule has 0 saturated heterocycles. The Kier molecular flexibility index (Phi) is 4.25. The number of amides is 1. The van der Waals surface area contributed by atoms with Gasteiger partial charge in [-0.2, -0.15) is 0 Å². The number of carbonyl (C=O) groups excluding carboxylic acids is 1. The summed E-state index contributed by atoms with van der Waals surface area (Å²) in [5, 5.41) is 0. The minimum absolute atomic E-state index is 0.00985. The quantitative estimate of drug-likeness (QED) is 0.802. The summed E-state index contributed by atoms with van der Waals surface area (Å²) < 4.78 is 26.0. The molecule has 94 valence electrons. The smallest absolute Gasteiger partial charge is 0.240 e. The molecule has 0 aliphatic rings. The first-order valence-corrected chi connectivity index (χ1v) is 6.66. The van der Waals surface area contributed by atoms with E-state index >= 15 is 0 Å². The first kappa shape index (κ1) is 13.7. The standard InChI is InChI=1S/C11H16N2O3S/c1-8-3-4-10(7-9(8)2)17(15,16)13-6-5-11(12)14/h3-4,7,13H,5-6H2,1-2H3,(H2,12,14). The second-order valence-electron chi connectivity index (χ2n) is 3.86. The molecule has 0 saturated carbocycles. The number of sulfonamides is 1. The maximum atomic E-state index is 11.8. The van der Waals surface area contributed by atoms with Gasteiger partial charge in [-0.15, -0.1) is 0 Å². The van der Waals surface area contributed by atoms with Gasteiger partial charge in [-0.05, 0) is 37.1 Å². The van der Waals surface area contributed by atoms with Gasteiger partial charge >= 0.3 is 0 Å². The van der Waals surface area contributed by atoms with Crippen molar-refractivity contribution in [2.24, 2.45) is 5.73 Å². The maximum absolute atomic E-state index is 11.8. The molecular formula is C11H16N2O3S. The van der Waals surface area contributed by atoms with Crippen LogP contribution in [0, 0.1) is 13.8 Å². The summed E-state index contributed by atoms with van der Waals surface area (Å²) in [4.78, 5) is 10.7. The third kappa shape index (κ3) is 3.83. The van der Waals surface area contributed by atoms with Crippen LogP contribution in [-0.4, -0.2) is 20.9 Å². The van der Waals surface area contributed by atoms with Crippen molar-refractivity contribution >= 4 is 15.9 Å². The van der Waals surface area contributed by atoms with Gasteiger partial charge in [0.1, 0.15) is 0 Å². The molecule has 1 rings (SSSR count). The van der Waals surface area contributed by atoms with E-state index in [1.807, 2.05) is 13.8 Å². The molecule has 5 nitrogen and oxygen atoms in total. The van der Waals surface area contributed by atoms with E-state index in [0.717, 1.165) is 11.1 Å². The fourth-order valence-electron chi connectivity index (χ4n) is 1.27. The molecule has 1 aromatic carbocycles. The van der Waals surface area contributed by atoms with Gasteiger partial charge in [0.2, 0.25) is 15.9 Å². The molecule has 3 N–H and O–H groups in total. The van der Waals surface area contributed by atoms with E-state index in [0.29, 0.717) is 0 Å². The van der Waals surface area contributed by atoms with Crippen molar-refractivity contribution in [3.8, 4) is 0 Å². The molecule has 0 unspecified atom stereocenters. The molecule has 0 bridgehead atoms. The van der Waals surface area contributed by atoms with Gasteiger partial charge in [0, 0.05) is 13.0 Å². The number of aryl methyl sites for hydroxylation is 2. The summed E-state index contributed by atoms with van der Waals surface area (Å²) in [6.07, 6.45) is -0.00985. The lowest BCUT2D eigenvalue weighted by Gasteiger charge is -2.07. The summed E-state index contributed by atoms with van der Waals surface area (Å²) in [6.45, 7) is 3.77. The van der Waals surface area contributed by atoms with E-state index in [4.69, 9.17) is 5.73 Å². The lowest BCUT2D eigenvalue weighted by atomic mass is 10.1. The van der Waals surface area contributed by atoms with Crippen LogP contribution in [0.3, 0.4) is 0 Å². The van der Waals surface area contributed by atoms with E-state index < -0.39 is 15.9 Å². The van der Waals surface area contributed by atoms with Gasteiger partial charge in [0.05, 0.1) is 4.90 Å². The van der Waals surface area contributed by atoms with Gasteiger partial charge in [-0.1, -0.05) is 6.07 Å². The van der Waals surface area contributed by atoms with Crippen LogP contribution in [0.4, 0.5) is 0 Å². The zero-order chi connectivity index (χ0) is 13.1. The molecule has 0 aromatic heterocycles. The van der Waals surface area contributed by atoms with Gasteiger partial charge in [-0.3, -0.25) is 4.79 Å². The minimum atomic E-state index is -3.55. The Bertz CT molecular complexity index is 524. The van der Waals surface area contributed by atoms with E-state index in [1.165, 1.54) is 6.07 Å². The Hall–Kier alpha value is -1.40. The fourth-order valence-corrected chi connectivity index (χ4v) is 2.39. The van der Waals surface area contributed by atoms with Crippen molar-refractivity contribution in [2.75, 3.05) is 6.54 Å². The number of hydrogen-bond donors (Lipinski definition) is 2. The summed E-state index contributed by atoms with van der Waals surface area (Å²) >= 11 is 0. The van der Waals surface area contributed by atoms with Gasteiger partial charge in [0.25, 0.3) is 0 Å². The van der Waals surface area contributed by atoms with Gasteiger partial charge in [0.15, 0.2) is 0 Å². The van der Waals surface area contributed by atoms with Gasteiger partial charge < -0.3 is 5.73 Å². The van der Waals surface area contributed by atoms with Crippen LogP contribution in [0.5, 0.6) is 0 Å². The van der Waals surface area contributed by atoms with Crippen LogP contribution in [0.15, 0.2) is 23.1 Å². The SMILES string of the molecule is Cc1ccc(S(=O)(=O)NCCC(N)=O)cc1C. The monoisotopic (exact) mass is 256 g/mol. The third-order valence-electron chi connectivity index (χ3n) is 2.45. The topological polar surface area (TPSA) is 89.3 Å². The largest absolute Gasteiger partial charge is 0.370 e. The Morgan fingerprint density at radius 2 is 1.94 bits per heavy atom. The molecule has 0 heterocycles. The summed E-state index contributed by atoms with van der Waals surface area (Å²) in [7, 11) is -3.55. The predicted molar refractivity (Wildman–Crippen MR) is 64.9 cm³/mol. The second kappa shape index (κ2) is 5.29. The normalized spacial score (nSPS) is 11.4. The molecule has 0 fully saturated rings. The highest BCUT2D eigenvalue weighted by molar-refractivity contribution is 7.89. The van der Waals surface area contributed by atoms with Crippen molar-refractivity contribution in [2.45, 2.75) is 25.2 Å². The Labute approximate surface area is 101 Å². The maximum Gasteiger partial charge on any atom is 0.240 e. The molecule has 6 heteroatoms. The lowest BCUT2D eigenvalue weighted by Crippen LogP contribution is -2.28. The highest BCUT2D eigenvalue weighted by atomic mass is 32.2. The van der Waals surface area contributed by atoms with Crippen LogP contribution in [0.2, 0.25) is 0 Å². The molecule has 0 spiro atoms. The first-order chi connectivity index (χ1) is 7.83. The van der Waals surface area contributed by atoms with Crippen LogP contribution < -0.4 is 10.5 Å². The van der Waals surface area contributed by atoms with Crippen LogP contribution >= 0.6 is 0 Å². The predicted octanol–water partition coefficient (Wildman–Crippen LogP) is 0.457. The fraction of sp³-hybridized carbons (Fsp3) is 0.364. The van der Waals surface area contributed by atoms with Crippen LogP contribution in [-0.2, 0) is 14.8 Å². The minimum Gasteiger partial charge on any atom is -0.370 e. The zero-order valence-corrected chi connectivity index (χ0v) is 10.7. The van der Waals surface area contributed by atoms with Crippen LogP contribution in [0.25, 0.3) is 0 Å². The molecule has 0 aliphatic carbocycles. The molecule has 1 aromatic rings. The molecule has 0 atom stereocenters. The van der Waals surface area contributed by atoms with Crippen molar-refractivity contribution in [3.05, 3.63) is 29.3 Å². The zero-order valence-electron chi connectivity index (χ0n) is 9.86. The number of hydrogen-bond acceptors (Lipinski definition) is 3. The van der Waals surface area contributed by atoms with E-state index in [2.05, 4.69) is 4.72 Å². The second-order valence-corrected chi connectivity index (χ2v) is 5.63. The molecule has 17 heavy (non-hydrogen) atoms. The average Bonchev–Trinajstić information content (AvgIpc) is 2.21. The number of carbonyl (C=O) groups is 1. The number of primary amides is 1. The Morgan fingerprint density at radius 1 is 1.29 bits per heavy atom. The lowest BCUT2D eigenvalue weighted by molar-refractivity contribution is -0.117. The Balaban J connectivity index is 2.82. The van der Waals surface area contributed by atoms with E-state index in [-0.39, 0.29) is 17.9 Å². The summed E-state index contributed by atoms with van der Waals surface area (Å²) in [6, 6.07) is 4.88. The Morgan fingerprint density at radius 3 is 2.47 bits per heavy atom.